The number of likely N-dealkylation sites (tertiary alicyclic amines) is 1. The largest absolute Gasteiger partial charge is 0.489 e. The maximum atomic E-state index is 14.2. The van der Waals surface area contributed by atoms with Gasteiger partial charge in [-0.1, -0.05) is 84.3 Å². The lowest BCUT2D eigenvalue weighted by molar-refractivity contribution is -0.164. The summed E-state index contributed by atoms with van der Waals surface area (Å²) in [7, 11) is 0. The standard InChI is InChI=1S/C54H68ClN9O7S/c1-31(33-10-12-34(13-11-33)45-32(2)58-30-72-45)59-48(68)42-22-39(65)28-64(42)49(69)46(52(3,4)5)60-44(66)29-70-21-20-63-37-16-17-38(63)27-62(26-37)43-19-15-36(25-57-43)47(67)61-50-53(6,7)51(54(50,8)9)71-40-18-14-35(24-56)41(55)23-40/h10-15,18-19,23,25,30-31,37-39,42,46,50-51,65H,16-17,20-22,26-29H2,1-9H3,(H,59,68)(H,60,66)(H,61,67)/t31-,37?,38?,39+,42?,46+,50-,51-/m0/s1. The van der Waals surface area contributed by atoms with Crippen molar-refractivity contribution in [2.45, 2.75) is 130 Å². The van der Waals surface area contributed by atoms with E-state index in [0.29, 0.717) is 35.1 Å². The van der Waals surface area contributed by atoms with Gasteiger partial charge in [-0.25, -0.2) is 9.97 Å². The van der Waals surface area contributed by atoms with E-state index in [2.05, 4.69) is 64.5 Å². The summed E-state index contributed by atoms with van der Waals surface area (Å²) in [5.41, 5.74) is 4.08. The molecule has 4 amide bonds. The Morgan fingerprint density at radius 3 is 2.26 bits per heavy atom. The van der Waals surface area contributed by atoms with Gasteiger partial charge in [0.2, 0.25) is 17.7 Å². The van der Waals surface area contributed by atoms with E-state index in [0.717, 1.165) is 53.4 Å². The van der Waals surface area contributed by atoms with Gasteiger partial charge in [0.05, 0.1) is 51.0 Å². The molecular weight excluding hydrogens is 954 g/mol. The molecule has 0 spiro atoms. The number of carbonyl (C=O) groups is 4. The molecule has 5 heterocycles. The van der Waals surface area contributed by atoms with Gasteiger partial charge in [-0.05, 0) is 67.5 Å². The average molecular weight is 1020 g/mol. The van der Waals surface area contributed by atoms with Gasteiger partial charge in [0.1, 0.15) is 42.4 Å². The smallest absolute Gasteiger partial charge is 0.253 e. The van der Waals surface area contributed by atoms with Gasteiger partial charge in [-0.2, -0.15) is 5.26 Å². The summed E-state index contributed by atoms with van der Waals surface area (Å²) >= 11 is 7.85. The second-order valence-electron chi connectivity index (χ2n) is 22.2. The zero-order valence-electron chi connectivity index (χ0n) is 42.7. The normalized spacial score (nSPS) is 24.1. The van der Waals surface area contributed by atoms with Crippen molar-refractivity contribution < 1.29 is 33.8 Å². The first-order valence-corrected chi connectivity index (χ1v) is 26.1. The van der Waals surface area contributed by atoms with E-state index in [4.69, 9.17) is 26.1 Å². The van der Waals surface area contributed by atoms with Crippen molar-refractivity contribution in [1.82, 2.24) is 35.7 Å². The van der Waals surface area contributed by atoms with E-state index in [1.165, 1.54) is 4.90 Å². The second kappa shape index (κ2) is 21.1. The Labute approximate surface area is 431 Å². The minimum absolute atomic E-state index is 0.0167. The molecule has 4 aliphatic rings. The molecule has 384 valence electrons. The fourth-order valence-electron chi connectivity index (χ4n) is 11.6. The Balaban J connectivity index is 0.786. The number of benzene rings is 2. The van der Waals surface area contributed by atoms with Crippen molar-refractivity contribution in [2.75, 3.05) is 44.3 Å². The van der Waals surface area contributed by atoms with Crippen LogP contribution >= 0.6 is 22.9 Å². The Kier molecular flexibility index (Phi) is 15.4. The molecule has 4 fully saturated rings. The molecule has 0 radical (unpaired) electrons. The quantitative estimate of drug-likeness (QED) is 0.0868. The second-order valence-corrected chi connectivity index (χ2v) is 23.4. The number of nitrogens with zero attached hydrogens (tertiary/aromatic N) is 6. The fraction of sp³-hybridized carbons (Fsp3) is 0.537. The number of aliphatic hydroxyl groups is 1. The number of hydrogen-bond acceptors (Lipinski definition) is 13. The summed E-state index contributed by atoms with van der Waals surface area (Å²) in [6.45, 7) is 20.0. The highest BCUT2D eigenvalue weighted by molar-refractivity contribution is 7.13. The molecule has 18 heteroatoms. The van der Waals surface area contributed by atoms with Crippen LogP contribution in [-0.2, 0) is 19.1 Å². The molecule has 3 aliphatic heterocycles. The van der Waals surface area contributed by atoms with E-state index in [1.807, 2.05) is 76.5 Å². The first-order chi connectivity index (χ1) is 34.1. The Morgan fingerprint density at radius 1 is 0.972 bits per heavy atom. The number of anilines is 1. The van der Waals surface area contributed by atoms with Crippen LogP contribution in [0.1, 0.15) is 108 Å². The SMILES string of the molecule is Cc1ncsc1-c1ccc([C@H](C)NC(=O)C2C[C@@H](O)CN2C(=O)[C@@H](NC(=O)COCCN2C3CCC2CN(c2ccc(C(=O)N[C@H]4C(C)(C)[C@H](Oc5ccc(C#N)c(Cl)c5)C4(C)C)cn2)C3)C(C)(C)C)cc1. The summed E-state index contributed by atoms with van der Waals surface area (Å²) < 4.78 is 12.3. The number of amides is 4. The number of hydrogen-bond donors (Lipinski definition) is 4. The third-order valence-electron chi connectivity index (χ3n) is 15.2. The van der Waals surface area contributed by atoms with Crippen LogP contribution in [0.4, 0.5) is 5.82 Å². The van der Waals surface area contributed by atoms with Crippen LogP contribution < -0.4 is 25.6 Å². The molecule has 2 aromatic heterocycles. The van der Waals surface area contributed by atoms with E-state index in [1.54, 1.807) is 35.7 Å². The number of ether oxygens (including phenoxy) is 2. The van der Waals surface area contributed by atoms with Crippen molar-refractivity contribution in [1.29, 1.82) is 5.26 Å². The van der Waals surface area contributed by atoms with Crippen molar-refractivity contribution in [3.05, 3.63) is 93.7 Å². The average Bonchev–Trinajstić information content (AvgIpc) is 4.02. The van der Waals surface area contributed by atoms with Gasteiger partial charge in [-0.15, -0.1) is 11.3 Å². The van der Waals surface area contributed by atoms with Gasteiger partial charge in [0.15, 0.2) is 0 Å². The maximum absolute atomic E-state index is 14.2. The molecule has 1 aliphatic carbocycles. The molecule has 4 aromatic rings. The number of nitrogens with one attached hydrogen (secondary N) is 3. The molecule has 6 atom stereocenters. The lowest BCUT2D eigenvalue weighted by Gasteiger charge is -2.63. The number of fused-ring (bicyclic) bond motifs is 2. The summed E-state index contributed by atoms with van der Waals surface area (Å²) in [4.78, 5) is 71.2. The van der Waals surface area contributed by atoms with E-state index >= 15 is 0 Å². The minimum atomic E-state index is -0.965. The number of pyridine rings is 1. The van der Waals surface area contributed by atoms with E-state index < -0.39 is 46.2 Å². The highest BCUT2D eigenvalue weighted by Gasteiger charge is 2.64. The highest BCUT2D eigenvalue weighted by atomic mass is 35.5. The van der Waals surface area contributed by atoms with Gasteiger partial charge in [0.25, 0.3) is 5.91 Å². The summed E-state index contributed by atoms with van der Waals surface area (Å²) in [6.07, 6.45) is 2.68. The number of carbonyl (C=O) groups excluding carboxylic acids is 4. The predicted molar refractivity (Wildman–Crippen MR) is 277 cm³/mol. The van der Waals surface area contributed by atoms with Crippen LogP contribution in [0.25, 0.3) is 10.4 Å². The predicted octanol–water partition coefficient (Wildman–Crippen LogP) is 6.69. The van der Waals surface area contributed by atoms with E-state index in [-0.39, 0.29) is 61.7 Å². The van der Waals surface area contributed by atoms with Crippen LogP contribution in [0.5, 0.6) is 5.75 Å². The molecule has 2 aromatic carbocycles. The minimum Gasteiger partial charge on any atom is -0.489 e. The lowest BCUT2D eigenvalue weighted by Crippen LogP contribution is -2.74. The summed E-state index contributed by atoms with van der Waals surface area (Å²) in [6, 6.07) is 16.9. The topological polar surface area (TPSA) is 202 Å². The number of halogens is 1. The molecule has 2 bridgehead atoms. The number of aromatic nitrogens is 2. The van der Waals surface area contributed by atoms with Gasteiger partial charge >= 0.3 is 0 Å². The zero-order valence-corrected chi connectivity index (χ0v) is 44.3. The fourth-order valence-corrected chi connectivity index (χ4v) is 12.6. The van der Waals surface area contributed by atoms with Crippen LogP contribution in [-0.4, -0.2) is 130 Å². The third-order valence-corrected chi connectivity index (χ3v) is 16.5. The summed E-state index contributed by atoms with van der Waals surface area (Å²) in [5.74, 6) is -0.0470. The Morgan fingerprint density at radius 2 is 1.67 bits per heavy atom. The molecule has 72 heavy (non-hydrogen) atoms. The molecule has 16 nitrogen and oxygen atoms in total. The molecular formula is C54H68ClN9O7S. The third kappa shape index (κ3) is 11.0. The van der Waals surface area contributed by atoms with Gasteiger partial charge in [-0.3, -0.25) is 24.1 Å². The van der Waals surface area contributed by atoms with Crippen LogP contribution in [0.3, 0.4) is 0 Å². The number of β-amino-alcohol motifs (C(OH)–C–C–N with tert-alkyl or cyclic N) is 1. The number of aryl methyl sites for hydroxylation is 1. The Hall–Kier alpha value is -5.64. The summed E-state index contributed by atoms with van der Waals surface area (Å²) in [5, 5.41) is 29.5. The van der Waals surface area contributed by atoms with E-state index in [9.17, 15) is 29.5 Å². The number of piperazine rings is 1. The lowest BCUT2D eigenvalue weighted by atomic mass is 9.49. The number of rotatable bonds is 16. The first-order valence-electron chi connectivity index (χ1n) is 24.9. The van der Waals surface area contributed by atoms with Gasteiger partial charge in [0, 0.05) is 73.8 Å². The maximum Gasteiger partial charge on any atom is 0.253 e. The van der Waals surface area contributed by atoms with Crippen LogP contribution in [0, 0.1) is 34.5 Å². The van der Waals surface area contributed by atoms with Crippen molar-refractivity contribution >= 4 is 52.4 Å². The number of aliphatic hydroxyl groups excluding tert-OH is 1. The number of thiazole rings is 1. The van der Waals surface area contributed by atoms with Crippen LogP contribution in [0.2, 0.25) is 5.02 Å². The molecule has 1 saturated carbocycles. The zero-order chi connectivity index (χ0) is 51.9. The van der Waals surface area contributed by atoms with Gasteiger partial charge < -0.3 is 40.3 Å². The van der Waals surface area contributed by atoms with Crippen molar-refractivity contribution in [3.8, 4) is 22.3 Å². The Bertz CT molecular complexity index is 2650. The van der Waals surface area contributed by atoms with Crippen LogP contribution in [0.15, 0.2) is 66.3 Å². The van der Waals surface area contributed by atoms with Crippen molar-refractivity contribution in [3.63, 3.8) is 0 Å². The highest BCUT2D eigenvalue weighted by Crippen LogP contribution is 2.55. The molecule has 3 saturated heterocycles. The molecule has 3 unspecified atom stereocenters. The molecule has 8 rings (SSSR count). The first kappa shape index (κ1) is 52.7. The monoisotopic (exact) mass is 1020 g/mol. The molecule has 4 N–H and O–H groups in total. The number of nitriles is 1. The van der Waals surface area contributed by atoms with Crippen molar-refractivity contribution in [2.24, 2.45) is 16.2 Å².